The Morgan fingerprint density at radius 1 is 1.42 bits per heavy atom. The largest absolute Gasteiger partial charge is 0.444 e. The zero-order valence-electron chi connectivity index (χ0n) is 16.2. The Kier molecular flexibility index (Phi) is 5.07. The quantitative estimate of drug-likeness (QED) is 0.882. The summed E-state index contributed by atoms with van der Waals surface area (Å²) in [6.45, 7) is 11.2. The van der Waals surface area contributed by atoms with Crippen molar-refractivity contribution in [3.8, 4) is 11.6 Å². The lowest BCUT2D eigenvalue weighted by molar-refractivity contribution is 0.0195. The molecule has 0 saturated carbocycles. The van der Waals surface area contributed by atoms with Gasteiger partial charge in [-0.15, -0.1) is 0 Å². The number of piperidine rings is 1. The molecule has 2 aromatic rings. The third-order valence-electron chi connectivity index (χ3n) is 4.48. The summed E-state index contributed by atoms with van der Waals surface area (Å²) in [6, 6.07) is 2.04. The molecule has 1 aliphatic rings. The average molecular weight is 360 g/mol. The van der Waals surface area contributed by atoms with Gasteiger partial charge in [-0.2, -0.15) is 4.98 Å². The Bertz CT molecular complexity index is 757. The van der Waals surface area contributed by atoms with E-state index in [1.807, 2.05) is 33.0 Å². The van der Waals surface area contributed by atoms with Crippen LogP contribution in [0, 0.1) is 0 Å². The number of aromatic nitrogens is 3. The summed E-state index contributed by atoms with van der Waals surface area (Å²) in [5.41, 5.74) is 1.53. The van der Waals surface area contributed by atoms with Crippen LogP contribution in [0.15, 0.2) is 16.8 Å². The minimum Gasteiger partial charge on any atom is -0.444 e. The first-order chi connectivity index (χ1) is 12.2. The molecule has 1 amide bonds. The third-order valence-corrected chi connectivity index (χ3v) is 4.48. The van der Waals surface area contributed by atoms with Gasteiger partial charge in [0.05, 0.1) is 0 Å². The highest BCUT2D eigenvalue weighted by Crippen LogP contribution is 2.28. The molecule has 1 unspecified atom stereocenters. The first-order valence-corrected chi connectivity index (χ1v) is 9.23. The van der Waals surface area contributed by atoms with Gasteiger partial charge in [-0.25, -0.2) is 4.79 Å². The first-order valence-electron chi connectivity index (χ1n) is 9.23. The summed E-state index contributed by atoms with van der Waals surface area (Å²) < 4.78 is 10.9. The number of nitrogens with zero attached hydrogens (tertiary/aromatic N) is 3. The maximum atomic E-state index is 12.3. The summed E-state index contributed by atoms with van der Waals surface area (Å²) in [5.74, 6) is 1.63. The van der Waals surface area contributed by atoms with E-state index in [-0.39, 0.29) is 12.0 Å². The van der Waals surface area contributed by atoms with Gasteiger partial charge >= 0.3 is 6.09 Å². The van der Waals surface area contributed by atoms with Crippen molar-refractivity contribution in [3.63, 3.8) is 0 Å². The van der Waals surface area contributed by atoms with E-state index in [1.54, 1.807) is 4.90 Å². The van der Waals surface area contributed by atoms with Gasteiger partial charge in [0.1, 0.15) is 11.3 Å². The van der Waals surface area contributed by atoms with Crippen LogP contribution in [-0.4, -0.2) is 44.8 Å². The molecule has 1 atom stereocenters. The van der Waals surface area contributed by atoms with E-state index in [1.165, 1.54) is 5.56 Å². The molecule has 1 saturated heterocycles. The van der Waals surface area contributed by atoms with Crippen molar-refractivity contribution in [2.45, 2.75) is 64.9 Å². The predicted molar refractivity (Wildman–Crippen MR) is 98.0 cm³/mol. The molecule has 0 bridgehead atoms. The molecule has 7 heteroatoms. The van der Waals surface area contributed by atoms with E-state index in [9.17, 15) is 4.79 Å². The zero-order valence-corrected chi connectivity index (χ0v) is 16.2. The predicted octanol–water partition coefficient (Wildman–Crippen LogP) is 4.30. The van der Waals surface area contributed by atoms with Crippen molar-refractivity contribution in [1.82, 2.24) is 20.0 Å². The minimum atomic E-state index is -0.495. The van der Waals surface area contributed by atoms with Crippen LogP contribution < -0.4 is 0 Å². The number of hydrogen-bond donors (Lipinski definition) is 1. The topological polar surface area (TPSA) is 84.2 Å². The van der Waals surface area contributed by atoms with Gasteiger partial charge in [0, 0.05) is 25.2 Å². The van der Waals surface area contributed by atoms with Crippen LogP contribution in [0.5, 0.6) is 0 Å². The highest BCUT2D eigenvalue weighted by atomic mass is 16.6. The highest BCUT2D eigenvalue weighted by Gasteiger charge is 2.30. The number of H-pyrrole nitrogens is 1. The molecule has 2 aromatic heterocycles. The summed E-state index contributed by atoms with van der Waals surface area (Å²) in [4.78, 5) is 21.8. The van der Waals surface area contributed by atoms with E-state index in [2.05, 4.69) is 29.0 Å². The van der Waals surface area contributed by atoms with Gasteiger partial charge in [0.15, 0.2) is 5.82 Å². The number of carbonyl (C=O) groups excluding carboxylic acids is 1. The van der Waals surface area contributed by atoms with Gasteiger partial charge in [0.25, 0.3) is 5.89 Å². The van der Waals surface area contributed by atoms with Crippen molar-refractivity contribution in [2.24, 2.45) is 0 Å². The van der Waals surface area contributed by atoms with Crippen LogP contribution in [0.1, 0.15) is 70.7 Å². The van der Waals surface area contributed by atoms with Crippen molar-refractivity contribution >= 4 is 6.09 Å². The van der Waals surface area contributed by atoms with Gasteiger partial charge in [-0.05, 0) is 51.2 Å². The Morgan fingerprint density at radius 3 is 2.85 bits per heavy atom. The minimum absolute atomic E-state index is 0.0632. The lowest BCUT2D eigenvalue weighted by atomic mass is 9.98. The fourth-order valence-corrected chi connectivity index (χ4v) is 3.06. The Balaban J connectivity index is 1.69. The SMILES string of the molecule is CC(C)c1c[nH]c(-c2nc(C3CCCN(C(=O)OC(C)(C)C)C3)no2)c1. The number of rotatable bonds is 3. The number of carbonyl (C=O) groups is 1. The summed E-state index contributed by atoms with van der Waals surface area (Å²) in [6.07, 6.45) is 3.51. The molecule has 142 valence electrons. The molecule has 3 rings (SSSR count). The molecule has 1 aliphatic heterocycles. The van der Waals surface area contributed by atoms with E-state index in [4.69, 9.17) is 9.26 Å². The van der Waals surface area contributed by atoms with Crippen molar-refractivity contribution < 1.29 is 14.1 Å². The van der Waals surface area contributed by atoms with Crippen LogP contribution in [0.2, 0.25) is 0 Å². The number of amides is 1. The van der Waals surface area contributed by atoms with Gasteiger partial charge < -0.3 is 19.1 Å². The molecule has 7 nitrogen and oxygen atoms in total. The molecular weight excluding hydrogens is 332 g/mol. The number of hydrogen-bond acceptors (Lipinski definition) is 5. The second kappa shape index (κ2) is 7.13. The van der Waals surface area contributed by atoms with Crippen LogP contribution in [0.3, 0.4) is 0 Å². The molecule has 26 heavy (non-hydrogen) atoms. The number of nitrogens with one attached hydrogen (secondary N) is 1. The molecule has 1 N–H and O–H groups in total. The highest BCUT2D eigenvalue weighted by molar-refractivity contribution is 5.68. The fraction of sp³-hybridized carbons (Fsp3) is 0.632. The van der Waals surface area contributed by atoms with Crippen LogP contribution in [-0.2, 0) is 4.74 Å². The molecule has 0 aliphatic carbocycles. The second-order valence-corrected chi connectivity index (χ2v) is 8.22. The molecule has 0 spiro atoms. The van der Waals surface area contributed by atoms with E-state index < -0.39 is 5.60 Å². The smallest absolute Gasteiger partial charge is 0.410 e. The van der Waals surface area contributed by atoms with E-state index in [0.717, 1.165) is 18.5 Å². The molecule has 0 radical (unpaired) electrons. The second-order valence-electron chi connectivity index (χ2n) is 8.22. The lowest BCUT2D eigenvalue weighted by Gasteiger charge is -2.32. The molecular formula is C19H28N4O3. The first kappa shape index (κ1) is 18.5. The maximum Gasteiger partial charge on any atom is 0.410 e. The van der Waals surface area contributed by atoms with E-state index in [0.29, 0.717) is 30.7 Å². The van der Waals surface area contributed by atoms with Crippen molar-refractivity contribution in [1.29, 1.82) is 0 Å². The van der Waals surface area contributed by atoms with Crippen LogP contribution >= 0.6 is 0 Å². The summed E-state index contributed by atoms with van der Waals surface area (Å²) in [7, 11) is 0. The number of ether oxygens (including phenoxy) is 1. The summed E-state index contributed by atoms with van der Waals surface area (Å²) >= 11 is 0. The zero-order chi connectivity index (χ0) is 18.9. The number of likely N-dealkylation sites (tertiary alicyclic amines) is 1. The average Bonchev–Trinajstić information content (AvgIpc) is 3.22. The van der Waals surface area contributed by atoms with Crippen molar-refractivity contribution in [3.05, 3.63) is 23.7 Å². The van der Waals surface area contributed by atoms with E-state index >= 15 is 0 Å². The van der Waals surface area contributed by atoms with Crippen LogP contribution in [0.4, 0.5) is 4.79 Å². The monoisotopic (exact) mass is 360 g/mol. The van der Waals surface area contributed by atoms with Crippen molar-refractivity contribution in [2.75, 3.05) is 13.1 Å². The Hall–Kier alpha value is -2.31. The standard InChI is InChI=1S/C19H28N4O3/c1-12(2)14-9-15(20-10-14)17-21-16(22-26-17)13-7-6-8-23(11-13)18(24)25-19(3,4)5/h9-10,12-13,20H,6-8,11H2,1-5H3. The molecule has 1 fully saturated rings. The van der Waals surface area contributed by atoms with Gasteiger partial charge in [0.2, 0.25) is 0 Å². The van der Waals surface area contributed by atoms with Crippen LogP contribution in [0.25, 0.3) is 11.6 Å². The number of aromatic amines is 1. The van der Waals surface area contributed by atoms with Gasteiger partial charge in [-0.1, -0.05) is 19.0 Å². The van der Waals surface area contributed by atoms with Gasteiger partial charge in [-0.3, -0.25) is 0 Å². The normalized spacial score (nSPS) is 18.4. The Labute approximate surface area is 154 Å². The lowest BCUT2D eigenvalue weighted by Crippen LogP contribution is -2.42. The fourth-order valence-electron chi connectivity index (χ4n) is 3.06. The maximum absolute atomic E-state index is 12.3. The molecule has 0 aromatic carbocycles. The summed E-state index contributed by atoms with van der Waals surface area (Å²) in [5, 5.41) is 4.15. The molecule has 3 heterocycles. The Morgan fingerprint density at radius 2 is 2.19 bits per heavy atom. The third kappa shape index (κ3) is 4.26.